The molecular formula is C11H13Cl3N2O. The summed E-state index contributed by atoms with van der Waals surface area (Å²) >= 11 is 17.3. The van der Waals surface area contributed by atoms with Crippen molar-refractivity contribution in [1.82, 2.24) is 5.32 Å². The second kappa shape index (κ2) is 5.80. The van der Waals surface area contributed by atoms with Crippen molar-refractivity contribution in [3.8, 4) is 0 Å². The molecule has 1 aromatic rings. The maximum atomic E-state index is 10.5. The minimum absolute atomic E-state index is 0.489. The Morgan fingerprint density at radius 3 is 2.41 bits per heavy atom. The van der Waals surface area contributed by atoms with Gasteiger partial charge in [-0.1, -0.05) is 52.5 Å². The zero-order chi connectivity index (χ0) is 13.1. The number of benzene rings is 1. The van der Waals surface area contributed by atoms with E-state index in [0.717, 1.165) is 16.8 Å². The van der Waals surface area contributed by atoms with E-state index in [4.69, 9.17) is 34.8 Å². The van der Waals surface area contributed by atoms with Crippen LogP contribution >= 0.6 is 34.8 Å². The lowest BCUT2D eigenvalue weighted by molar-refractivity contribution is -0.110. The number of hydrogen-bond donors (Lipinski definition) is 2. The molecule has 0 saturated heterocycles. The molecule has 94 valence electrons. The van der Waals surface area contributed by atoms with Crippen molar-refractivity contribution in [3.63, 3.8) is 0 Å². The second-order valence-corrected chi connectivity index (χ2v) is 6.09. The Morgan fingerprint density at radius 1 is 1.29 bits per heavy atom. The van der Waals surface area contributed by atoms with Gasteiger partial charge in [0.05, 0.1) is 0 Å². The third kappa shape index (κ3) is 4.26. The normalized spacial score (nSPS) is 13.0. The largest absolute Gasteiger partial charge is 0.362 e. The first-order chi connectivity index (χ1) is 7.84. The molecule has 0 saturated carbocycles. The number of hydrogen-bond acceptors (Lipinski definition) is 2. The number of anilines is 1. The third-order valence-corrected chi connectivity index (χ3v) is 2.90. The van der Waals surface area contributed by atoms with Crippen LogP contribution < -0.4 is 10.6 Å². The molecule has 2 N–H and O–H groups in total. The summed E-state index contributed by atoms with van der Waals surface area (Å²) in [4.78, 5) is 10.5. The monoisotopic (exact) mass is 294 g/mol. The third-order valence-electron chi connectivity index (χ3n) is 2.24. The first-order valence-electron chi connectivity index (χ1n) is 4.95. The Balaban J connectivity index is 2.90. The first-order valence-corrected chi connectivity index (χ1v) is 6.08. The fourth-order valence-corrected chi connectivity index (χ4v) is 1.77. The fourth-order valence-electron chi connectivity index (χ4n) is 1.42. The summed E-state index contributed by atoms with van der Waals surface area (Å²) in [7, 11) is 0. The van der Waals surface area contributed by atoms with Gasteiger partial charge in [-0.2, -0.15) is 0 Å². The predicted molar refractivity (Wildman–Crippen MR) is 72.8 cm³/mol. The molecule has 0 spiro atoms. The number of carbonyl (C=O) groups excluding carboxylic acids is 1. The van der Waals surface area contributed by atoms with Crippen molar-refractivity contribution >= 4 is 46.9 Å². The Kier molecular flexibility index (Phi) is 4.92. The second-order valence-electron chi connectivity index (χ2n) is 3.72. The van der Waals surface area contributed by atoms with Crippen LogP contribution in [0.25, 0.3) is 0 Å². The van der Waals surface area contributed by atoms with Gasteiger partial charge >= 0.3 is 0 Å². The average Bonchev–Trinajstić information content (AvgIpc) is 2.19. The Hall–Kier alpha value is -0.640. The summed E-state index contributed by atoms with van der Waals surface area (Å²) in [5.74, 6) is 0. The van der Waals surface area contributed by atoms with E-state index >= 15 is 0 Å². The van der Waals surface area contributed by atoms with Gasteiger partial charge in [-0.05, 0) is 25.5 Å². The molecule has 6 heteroatoms. The van der Waals surface area contributed by atoms with E-state index in [0.29, 0.717) is 6.41 Å². The van der Waals surface area contributed by atoms with Crippen LogP contribution in [0.4, 0.5) is 5.69 Å². The first kappa shape index (κ1) is 14.4. The molecule has 1 aromatic carbocycles. The highest BCUT2D eigenvalue weighted by atomic mass is 35.6. The van der Waals surface area contributed by atoms with Gasteiger partial charge in [0.15, 0.2) is 0 Å². The highest BCUT2D eigenvalue weighted by Gasteiger charge is 2.32. The highest BCUT2D eigenvalue weighted by molar-refractivity contribution is 6.68. The number of amides is 1. The van der Waals surface area contributed by atoms with Gasteiger partial charge in [-0.3, -0.25) is 4.79 Å². The van der Waals surface area contributed by atoms with E-state index in [1.54, 1.807) is 0 Å². The molecule has 0 aliphatic heterocycles. The van der Waals surface area contributed by atoms with Gasteiger partial charge < -0.3 is 10.6 Å². The summed E-state index contributed by atoms with van der Waals surface area (Å²) < 4.78 is -1.63. The predicted octanol–water partition coefficient (Wildman–Crippen LogP) is 3.16. The van der Waals surface area contributed by atoms with Gasteiger partial charge in [0, 0.05) is 5.69 Å². The van der Waals surface area contributed by atoms with Crippen molar-refractivity contribution in [3.05, 3.63) is 29.3 Å². The maximum Gasteiger partial charge on any atom is 0.228 e. The van der Waals surface area contributed by atoms with E-state index in [-0.39, 0.29) is 0 Å². The molecule has 0 radical (unpaired) electrons. The Labute approximate surface area is 115 Å². The number of rotatable bonds is 4. The number of aryl methyl sites for hydroxylation is 2. The van der Waals surface area contributed by atoms with Gasteiger partial charge in [0.25, 0.3) is 0 Å². The van der Waals surface area contributed by atoms with Crippen molar-refractivity contribution in [2.45, 2.75) is 23.8 Å². The quantitative estimate of drug-likeness (QED) is 0.509. The number of halogens is 3. The number of carbonyl (C=O) groups is 1. The van der Waals surface area contributed by atoms with Crippen LogP contribution in [-0.4, -0.2) is 16.4 Å². The number of nitrogens with one attached hydrogen (secondary N) is 2. The highest BCUT2D eigenvalue weighted by Crippen LogP contribution is 2.31. The van der Waals surface area contributed by atoms with E-state index in [1.807, 2.05) is 32.0 Å². The van der Waals surface area contributed by atoms with Crippen molar-refractivity contribution in [1.29, 1.82) is 0 Å². The molecule has 0 bridgehead atoms. The van der Waals surface area contributed by atoms with Crippen LogP contribution in [0.3, 0.4) is 0 Å². The lowest BCUT2D eigenvalue weighted by Crippen LogP contribution is -2.45. The summed E-state index contributed by atoms with van der Waals surface area (Å²) in [6, 6.07) is 5.81. The fraction of sp³-hybridized carbons (Fsp3) is 0.364. The summed E-state index contributed by atoms with van der Waals surface area (Å²) in [6.45, 7) is 3.93. The van der Waals surface area contributed by atoms with Crippen LogP contribution in [0.5, 0.6) is 0 Å². The van der Waals surface area contributed by atoms with Crippen molar-refractivity contribution in [2.24, 2.45) is 0 Å². The molecule has 0 aromatic heterocycles. The molecule has 1 amide bonds. The molecule has 1 rings (SSSR count). The molecular weight excluding hydrogens is 282 g/mol. The van der Waals surface area contributed by atoms with E-state index < -0.39 is 9.96 Å². The molecule has 0 aliphatic carbocycles. The Bertz CT molecular complexity index is 404. The molecule has 0 heterocycles. The van der Waals surface area contributed by atoms with Crippen LogP contribution in [-0.2, 0) is 4.79 Å². The molecule has 1 atom stereocenters. The average molecular weight is 296 g/mol. The molecule has 1 unspecified atom stereocenters. The number of alkyl halides is 3. The lowest BCUT2D eigenvalue weighted by atomic mass is 10.1. The van der Waals surface area contributed by atoms with Crippen LogP contribution in [0, 0.1) is 13.8 Å². The molecule has 17 heavy (non-hydrogen) atoms. The molecule has 3 nitrogen and oxygen atoms in total. The van der Waals surface area contributed by atoms with Gasteiger partial charge in [0.1, 0.15) is 6.17 Å². The minimum Gasteiger partial charge on any atom is -0.362 e. The van der Waals surface area contributed by atoms with Crippen molar-refractivity contribution in [2.75, 3.05) is 5.32 Å². The van der Waals surface area contributed by atoms with E-state index in [1.165, 1.54) is 0 Å². The van der Waals surface area contributed by atoms with Gasteiger partial charge in [-0.25, -0.2) is 0 Å². The van der Waals surface area contributed by atoms with Crippen molar-refractivity contribution < 1.29 is 4.79 Å². The molecule has 0 aliphatic rings. The summed E-state index contributed by atoms with van der Waals surface area (Å²) in [5, 5.41) is 5.40. The van der Waals surface area contributed by atoms with E-state index in [9.17, 15) is 4.79 Å². The van der Waals surface area contributed by atoms with Gasteiger partial charge in [-0.15, -0.1) is 0 Å². The Morgan fingerprint density at radius 2 is 1.94 bits per heavy atom. The van der Waals surface area contributed by atoms with E-state index in [2.05, 4.69) is 10.6 Å². The maximum absolute atomic E-state index is 10.5. The summed E-state index contributed by atoms with van der Waals surface area (Å²) in [6.07, 6.45) is -0.297. The minimum atomic E-state index is -1.63. The topological polar surface area (TPSA) is 41.1 Å². The smallest absolute Gasteiger partial charge is 0.228 e. The SMILES string of the molecule is Cc1ccc(NC(NC=O)C(Cl)(Cl)Cl)c(C)c1. The lowest BCUT2D eigenvalue weighted by Gasteiger charge is -2.26. The van der Waals surface area contributed by atoms with Crippen LogP contribution in [0.1, 0.15) is 11.1 Å². The zero-order valence-corrected chi connectivity index (χ0v) is 11.7. The standard InChI is InChI=1S/C11H13Cl3N2O/c1-7-3-4-9(8(2)5-7)16-10(15-6-17)11(12,13)14/h3-6,10,16H,1-2H3,(H,15,17). The van der Waals surface area contributed by atoms with Gasteiger partial charge in [0.2, 0.25) is 10.2 Å². The zero-order valence-electron chi connectivity index (χ0n) is 9.43. The van der Waals surface area contributed by atoms with Crippen LogP contribution in [0.15, 0.2) is 18.2 Å². The summed E-state index contributed by atoms with van der Waals surface area (Å²) in [5.41, 5.74) is 2.96. The molecule has 0 fully saturated rings. The van der Waals surface area contributed by atoms with Crippen LogP contribution in [0.2, 0.25) is 0 Å².